The van der Waals surface area contributed by atoms with Crippen LogP contribution in [0, 0.1) is 5.92 Å². The lowest BCUT2D eigenvalue weighted by atomic mass is 10.0. The number of hydrogen-bond acceptors (Lipinski definition) is 1. The lowest BCUT2D eigenvalue weighted by Gasteiger charge is -2.32. The predicted octanol–water partition coefficient (Wildman–Crippen LogP) is 2.29. The molecule has 2 nitrogen and oxygen atoms in total. The number of nitrogens with zero attached hydrogens (tertiary/aromatic N) is 1. The Bertz CT molecular complexity index is 206. The van der Waals surface area contributed by atoms with Crippen LogP contribution in [0.5, 0.6) is 0 Å². The van der Waals surface area contributed by atoms with E-state index < -0.39 is 5.92 Å². The monoisotopic (exact) mass is 205 g/mol. The number of amides is 1. The van der Waals surface area contributed by atoms with Crippen molar-refractivity contribution in [3.63, 3.8) is 0 Å². The average Bonchev–Trinajstić information content (AvgIpc) is 2.02. The van der Waals surface area contributed by atoms with Crippen LogP contribution in [0.4, 0.5) is 8.78 Å². The fourth-order valence-electron chi connectivity index (χ4n) is 1.56. The minimum absolute atomic E-state index is 0.00972. The standard InChI is InChI=1S/C10H17F2NO/c1-8(2)7-9(14)13-5-3-10(11,12)4-6-13/h8H,3-7H2,1-2H3. The Morgan fingerprint density at radius 3 is 2.29 bits per heavy atom. The van der Waals surface area contributed by atoms with Crippen molar-refractivity contribution < 1.29 is 13.6 Å². The molecule has 1 aliphatic heterocycles. The molecule has 0 bridgehead atoms. The summed E-state index contributed by atoms with van der Waals surface area (Å²) in [7, 11) is 0. The van der Waals surface area contributed by atoms with Gasteiger partial charge in [0, 0.05) is 32.4 Å². The van der Waals surface area contributed by atoms with Gasteiger partial charge in [0.05, 0.1) is 0 Å². The molecular weight excluding hydrogens is 188 g/mol. The summed E-state index contributed by atoms with van der Waals surface area (Å²) < 4.78 is 25.5. The highest BCUT2D eigenvalue weighted by atomic mass is 19.3. The van der Waals surface area contributed by atoms with Gasteiger partial charge in [0.15, 0.2) is 0 Å². The molecule has 1 rings (SSSR count). The number of carbonyl (C=O) groups excluding carboxylic acids is 1. The molecule has 0 aromatic carbocycles. The summed E-state index contributed by atoms with van der Waals surface area (Å²) in [4.78, 5) is 13.1. The zero-order valence-electron chi connectivity index (χ0n) is 8.72. The Hall–Kier alpha value is -0.670. The Labute approximate surface area is 83.3 Å². The van der Waals surface area contributed by atoms with Crippen molar-refractivity contribution in [2.24, 2.45) is 5.92 Å². The van der Waals surface area contributed by atoms with Gasteiger partial charge in [0.2, 0.25) is 5.91 Å². The lowest BCUT2D eigenvalue weighted by Crippen LogP contribution is -2.43. The fraction of sp³-hybridized carbons (Fsp3) is 0.900. The number of alkyl halides is 2. The molecular formula is C10H17F2NO. The number of likely N-dealkylation sites (tertiary alicyclic amines) is 1. The van der Waals surface area contributed by atoms with Crippen LogP contribution in [-0.2, 0) is 4.79 Å². The molecule has 0 aromatic heterocycles. The molecule has 0 atom stereocenters. The SMILES string of the molecule is CC(C)CC(=O)N1CCC(F)(F)CC1. The molecule has 0 saturated carbocycles. The molecule has 0 spiro atoms. The molecule has 82 valence electrons. The summed E-state index contributed by atoms with van der Waals surface area (Å²) in [6, 6.07) is 0. The van der Waals surface area contributed by atoms with Gasteiger partial charge in [0.1, 0.15) is 0 Å². The topological polar surface area (TPSA) is 20.3 Å². The summed E-state index contributed by atoms with van der Waals surface area (Å²) in [6.07, 6.45) is 0.0965. The molecule has 14 heavy (non-hydrogen) atoms. The van der Waals surface area contributed by atoms with Gasteiger partial charge in [-0.1, -0.05) is 13.8 Å². The molecule has 1 aliphatic rings. The van der Waals surface area contributed by atoms with Crippen LogP contribution in [0.25, 0.3) is 0 Å². The van der Waals surface area contributed by atoms with Crippen molar-refractivity contribution in [2.45, 2.75) is 39.0 Å². The first-order chi connectivity index (χ1) is 6.41. The Morgan fingerprint density at radius 2 is 1.86 bits per heavy atom. The van der Waals surface area contributed by atoms with E-state index in [4.69, 9.17) is 0 Å². The molecule has 1 amide bonds. The van der Waals surface area contributed by atoms with Gasteiger partial charge in [-0.25, -0.2) is 8.78 Å². The molecule has 0 N–H and O–H groups in total. The van der Waals surface area contributed by atoms with E-state index in [9.17, 15) is 13.6 Å². The third-order valence-corrected chi connectivity index (χ3v) is 2.43. The maximum atomic E-state index is 12.8. The maximum Gasteiger partial charge on any atom is 0.251 e. The molecule has 4 heteroatoms. The van der Waals surface area contributed by atoms with E-state index in [0.717, 1.165) is 0 Å². The number of hydrogen-bond donors (Lipinski definition) is 0. The Morgan fingerprint density at radius 1 is 1.36 bits per heavy atom. The van der Waals surface area contributed by atoms with Crippen LogP contribution in [-0.4, -0.2) is 29.8 Å². The van der Waals surface area contributed by atoms with Crippen LogP contribution in [0.15, 0.2) is 0 Å². The van der Waals surface area contributed by atoms with E-state index >= 15 is 0 Å². The van der Waals surface area contributed by atoms with Gasteiger partial charge in [0.25, 0.3) is 5.92 Å². The minimum atomic E-state index is -2.56. The summed E-state index contributed by atoms with van der Waals surface area (Å²) >= 11 is 0. The molecule has 1 saturated heterocycles. The second kappa shape index (κ2) is 4.24. The number of halogens is 2. The Balaban J connectivity index is 2.38. The van der Waals surface area contributed by atoms with E-state index in [0.29, 0.717) is 12.3 Å². The van der Waals surface area contributed by atoms with Crippen molar-refractivity contribution in [3.8, 4) is 0 Å². The first kappa shape index (κ1) is 11.4. The number of rotatable bonds is 2. The van der Waals surface area contributed by atoms with Gasteiger partial charge in [-0.05, 0) is 5.92 Å². The second-order valence-electron chi connectivity index (χ2n) is 4.33. The normalized spacial score (nSPS) is 21.4. The first-order valence-electron chi connectivity index (χ1n) is 5.06. The largest absolute Gasteiger partial charge is 0.342 e. The van der Waals surface area contributed by atoms with Gasteiger partial charge < -0.3 is 4.90 Å². The quantitative estimate of drug-likeness (QED) is 0.677. The van der Waals surface area contributed by atoms with Crippen molar-refractivity contribution in [3.05, 3.63) is 0 Å². The molecule has 0 unspecified atom stereocenters. The second-order valence-corrected chi connectivity index (χ2v) is 4.33. The first-order valence-corrected chi connectivity index (χ1v) is 5.06. The molecule has 1 fully saturated rings. The third-order valence-electron chi connectivity index (χ3n) is 2.43. The number of piperidine rings is 1. The zero-order chi connectivity index (χ0) is 10.8. The summed E-state index contributed by atoms with van der Waals surface area (Å²) in [5.74, 6) is -2.25. The van der Waals surface area contributed by atoms with Gasteiger partial charge in [-0.2, -0.15) is 0 Å². The van der Waals surface area contributed by atoms with Crippen LogP contribution >= 0.6 is 0 Å². The molecule has 1 heterocycles. The fourth-order valence-corrected chi connectivity index (χ4v) is 1.56. The summed E-state index contributed by atoms with van der Waals surface area (Å²) in [6.45, 7) is 4.32. The predicted molar refractivity (Wildman–Crippen MR) is 50.2 cm³/mol. The van der Waals surface area contributed by atoms with E-state index in [1.165, 1.54) is 0 Å². The highest BCUT2D eigenvalue weighted by Crippen LogP contribution is 2.28. The van der Waals surface area contributed by atoms with E-state index in [1.807, 2.05) is 13.8 Å². The average molecular weight is 205 g/mol. The van der Waals surface area contributed by atoms with Crippen LogP contribution in [0.3, 0.4) is 0 Å². The van der Waals surface area contributed by atoms with Crippen molar-refractivity contribution in [1.82, 2.24) is 4.90 Å². The van der Waals surface area contributed by atoms with Gasteiger partial charge in [-0.15, -0.1) is 0 Å². The maximum absolute atomic E-state index is 12.8. The van der Waals surface area contributed by atoms with E-state index in [2.05, 4.69) is 0 Å². The summed E-state index contributed by atoms with van der Waals surface area (Å²) in [5.41, 5.74) is 0. The lowest BCUT2D eigenvalue weighted by molar-refractivity contribution is -0.138. The summed E-state index contributed by atoms with van der Waals surface area (Å²) in [5, 5.41) is 0. The Kier molecular flexibility index (Phi) is 3.45. The van der Waals surface area contributed by atoms with Gasteiger partial charge in [-0.3, -0.25) is 4.79 Å². The molecule has 0 aliphatic carbocycles. The zero-order valence-corrected chi connectivity index (χ0v) is 8.72. The van der Waals surface area contributed by atoms with E-state index in [-0.39, 0.29) is 31.8 Å². The molecule has 0 radical (unpaired) electrons. The van der Waals surface area contributed by atoms with Gasteiger partial charge >= 0.3 is 0 Å². The molecule has 0 aromatic rings. The number of carbonyl (C=O) groups is 1. The van der Waals surface area contributed by atoms with Crippen molar-refractivity contribution in [2.75, 3.05) is 13.1 Å². The van der Waals surface area contributed by atoms with Crippen molar-refractivity contribution >= 4 is 5.91 Å². The van der Waals surface area contributed by atoms with Crippen LogP contribution in [0.1, 0.15) is 33.1 Å². The van der Waals surface area contributed by atoms with E-state index in [1.54, 1.807) is 4.90 Å². The minimum Gasteiger partial charge on any atom is -0.342 e. The van der Waals surface area contributed by atoms with Crippen LogP contribution in [0.2, 0.25) is 0 Å². The third kappa shape index (κ3) is 3.24. The highest BCUT2D eigenvalue weighted by molar-refractivity contribution is 5.76. The highest BCUT2D eigenvalue weighted by Gasteiger charge is 2.35. The smallest absolute Gasteiger partial charge is 0.251 e. The van der Waals surface area contributed by atoms with Crippen LogP contribution < -0.4 is 0 Å². The van der Waals surface area contributed by atoms with Crippen molar-refractivity contribution in [1.29, 1.82) is 0 Å².